The van der Waals surface area contributed by atoms with Gasteiger partial charge < -0.3 is 10.0 Å². The van der Waals surface area contributed by atoms with Gasteiger partial charge in [0.05, 0.1) is 12.4 Å². The zero-order valence-corrected chi connectivity index (χ0v) is 19.3. The Labute approximate surface area is 197 Å². The average Bonchev–Trinajstić information content (AvgIpc) is 3.28. The number of aryl methyl sites for hydroxylation is 1. The van der Waals surface area contributed by atoms with Gasteiger partial charge in [0, 0.05) is 24.3 Å². The third kappa shape index (κ3) is 5.69. The van der Waals surface area contributed by atoms with Crippen molar-refractivity contribution >= 4 is 17.7 Å². The molecule has 4 aromatic rings. The molecule has 0 aliphatic rings. The van der Waals surface area contributed by atoms with E-state index in [2.05, 4.69) is 10.2 Å². The SMILES string of the molecule is Cc1ccc(-c2nnc(SCC(=O)N(CCO)Cc3ccccc3)n2-c2ccccc2)cc1. The smallest absolute Gasteiger partial charge is 0.233 e. The van der Waals surface area contributed by atoms with E-state index >= 15 is 0 Å². The van der Waals surface area contributed by atoms with E-state index in [1.54, 1.807) is 4.90 Å². The molecule has 1 amide bonds. The minimum atomic E-state index is -0.0823. The molecule has 0 radical (unpaired) electrons. The second kappa shape index (κ2) is 10.9. The van der Waals surface area contributed by atoms with Crippen LogP contribution in [0.15, 0.2) is 90.1 Å². The Balaban J connectivity index is 1.57. The number of rotatable bonds is 9. The van der Waals surface area contributed by atoms with Crippen LogP contribution in [-0.4, -0.2) is 49.6 Å². The number of para-hydroxylation sites is 1. The molecule has 0 atom stereocenters. The quantitative estimate of drug-likeness (QED) is 0.378. The molecule has 1 N–H and O–H groups in total. The highest BCUT2D eigenvalue weighted by Gasteiger charge is 2.19. The first-order valence-corrected chi connectivity index (χ1v) is 11.8. The van der Waals surface area contributed by atoms with Crippen LogP contribution in [0.3, 0.4) is 0 Å². The van der Waals surface area contributed by atoms with Gasteiger partial charge >= 0.3 is 0 Å². The summed E-state index contributed by atoms with van der Waals surface area (Å²) < 4.78 is 1.98. The number of thioether (sulfide) groups is 1. The van der Waals surface area contributed by atoms with Gasteiger partial charge in [0.15, 0.2) is 11.0 Å². The minimum absolute atomic E-state index is 0.0580. The van der Waals surface area contributed by atoms with Crippen LogP contribution in [0.4, 0.5) is 0 Å². The number of hydrogen-bond donors (Lipinski definition) is 1. The summed E-state index contributed by atoms with van der Waals surface area (Å²) in [4.78, 5) is 14.7. The number of aliphatic hydroxyl groups excluding tert-OH is 1. The molecule has 0 saturated carbocycles. The molecule has 0 spiro atoms. The Bertz CT molecular complexity index is 1180. The van der Waals surface area contributed by atoms with Gasteiger partial charge in [-0.1, -0.05) is 90.1 Å². The lowest BCUT2D eigenvalue weighted by Crippen LogP contribution is -2.34. The third-order valence-corrected chi connectivity index (χ3v) is 6.13. The zero-order chi connectivity index (χ0) is 23.0. The normalized spacial score (nSPS) is 10.8. The van der Waals surface area contributed by atoms with Crippen LogP contribution in [0, 0.1) is 6.92 Å². The lowest BCUT2D eigenvalue weighted by atomic mass is 10.1. The first-order chi connectivity index (χ1) is 16.2. The minimum Gasteiger partial charge on any atom is -0.395 e. The number of carbonyl (C=O) groups excluding carboxylic acids is 1. The Morgan fingerprint density at radius 1 is 0.939 bits per heavy atom. The number of nitrogens with zero attached hydrogens (tertiary/aromatic N) is 4. The number of carbonyl (C=O) groups is 1. The molecule has 3 aromatic carbocycles. The van der Waals surface area contributed by atoms with Crippen molar-refractivity contribution in [1.29, 1.82) is 0 Å². The number of benzene rings is 3. The molecule has 0 aliphatic carbocycles. The molecule has 168 valence electrons. The average molecular weight is 459 g/mol. The molecule has 33 heavy (non-hydrogen) atoms. The largest absolute Gasteiger partial charge is 0.395 e. The van der Waals surface area contributed by atoms with Crippen molar-refractivity contribution in [3.05, 3.63) is 96.1 Å². The monoisotopic (exact) mass is 458 g/mol. The lowest BCUT2D eigenvalue weighted by Gasteiger charge is -2.21. The highest BCUT2D eigenvalue weighted by molar-refractivity contribution is 7.99. The molecular weight excluding hydrogens is 432 g/mol. The molecule has 0 aliphatic heterocycles. The van der Waals surface area contributed by atoms with Crippen molar-refractivity contribution in [3.63, 3.8) is 0 Å². The molecule has 0 fully saturated rings. The van der Waals surface area contributed by atoms with Crippen LogP contribution in [0.2, 0.25) is 0 Å². The third-order valence-electron chi connectivity index (χ3n) is 5.22. The zero-order valence-electron chi connectivity index (χ0n) is 18.5. The number of hydrogen-bond acceptors (Lipinski definition) is 5. The van der Waals surface area contributed by atoms with Gasteiger partial charge in [-0.25, -0.2) is 0 Å². The van der Waals surface area contributed by atoms with Crippen LogP contribution in [0.5, 0.6) is 0 Å². The molecule has 1 aromatic heterocycles. The highest BCUT2D eigenvalue weighted by atomic mass is 32.2. The van der Waals surface area contributed by atoms with Crippen LogP contribution in [0.1, 0.15) is 11.1 Å². The first-order valence-electron chi connectivity index (χ1n) is 10.8. The van der Waals surface area contributed by atoms with Crippen LogP contribution >= 0.6 is 11.8 Å². The maximum absolute atomic E-state index is 13.0. The number of aliphatic hydroxyl groups is 1. The van der Waals surface area contributed by atoms with E-state index in [0.717, 1.165) is 22.6 Å². The van der Waals surface area contributed by atoms with Gasteiger partial charge in [0.1, 0.15) is 0 Å². The van der Waals surface area contributed by atoms with E-state index in [1.165, 1.54) is 17.3 Å². The maximum Gasteiger partial charge on any atom is 0.233 e. The second-order valence-corrected chi connectivity index (χ2v) is 8.60. The van der Waals surface area contributed by atoms with E-state index in [0.29, 0.717) is 11.7 Å². The summed E-state index contributed by atoms with van der Waals surface area (Å²) in [6, 6.07) is 27.8. The van der Waals surface area contributed by atoms with Crippen molar-refractivity contribution in [2.75, 3.05) is 18.9 Å². The first kappa shape index (κ1) is 22.8. The van der Waals surface area contributed by atoms with E-state index in [1.807, 2.05) is 96.4 Å². The number of aromatic nitrogens is 3. The fraction of sp³-hybridized carbons (Fsp3) is 0.192. The van der Waals surface area contributed by atoms with Gasteiger partial charge in [0.25, 0.3) is 0 Å². The molecule has 6 nitrogen and oxygen atoms in total. The predicted octanol–water partition coefficient (Wildman–Crippen LogP) is 4.36. The van der Waals surface area contributed by atoms with Crippen molar-refractivity contribution in [2.24, 2.45) is 0 Å². The lowest BCUT2D eigenvalue weighted by molar-refractivity contribution is -0.129. The molecule has 0 saturated heterocycles. The van der Waals surface area contributed by atoms with Crippen LogP contribution < -0.4 is 0 Å². The molecule has 1 heterocycles. The predicted molar refractivity (Wildman–Crippen MR) is 131 cm³/mol. The van der Waals surface area contributed by atoms with Gasteiger partial charge in [-0.05, 0) is 24.6 Å². The highest BCUT2D eigenvalue weighted by Crippen LogP contribution is 2.28. The summed E-state index contributed by atoms with van der Waals surface area (Å²) in [5.41, 5.74) is 4.09. The van der Waals surface area contributed by atoms with Crippen LogP contribution in [0.25, 0.3) is 17.1 Å². The van der Waals surface area contributed by atoms with Crippen molar-refractivity contribution in [3.8, 4) is 17.1 Å². The Hall–Kier alpha value is -3.42. The van der Waals surface area contributed by atoms with E-state index in [4.69, 9.17) is 0 Å². The summed E-state index contributed by atoms with van der Waals surface area (Å²) >= 11 is 1.35. The fourth-order valence-corrected chi connectivity index (χ4v) is 4.35. The van der Waals surface area contributed by atoms with Gasteiger partial charge in [0.2, 0.25) is 5.91 Å². The maximum atomic E-state index is 13.0. The van der Waals surface area contributed by atoms with Crippen molar-refractivity contribution < 1.29 is 9.90 Å². The van der Waals surface area contributed by atoms with Gasteiger partial charge in [-0.3, -0.25) is 9.36 Å². The molecule has 0 unspecified atom stereocenters. The summed E-state index contributed by atoms with van der Waals surface area (Å²) in [5, 5.41) is 19.0. The molecular formula is C26H26N4O2S. The van der Waals surface area contributed by atoms with Crippen molar-refractivity contribution in [2.45, 2.75) is 18.6 Å². The van der Waals surface area contributed by atoms with Crippen LogP contribution in [-0.2, 0) is 11.3 Å². The Morgan fingerprint density at radius 2 is 1.61 bits per heavy atom. The second-order valence-electron chi connectivity index (χ2n) is 7.66. The van der Waals surface area contributed by atoms with E-state index < -0.39 is 0 Å². The van der Waals surface area contributed by atoms with Gasteiger partial charge in [-0.2, -0.15) is 0 Å². The summed E-state index contributed by atoms with van der Waals surface area (Å²) in [6.45, 7) is 2.71. The van der Waals surface area contributed by atoms with E-state index in [-0.39, 0.29) is 24.8 Å². The van der Waals surface area contributed by atoms with Gasteiger partial charge in [-0.15, -0.1) is 10.2 Å². The molecule has 0 bridgehead atoms. The fourth-order valence-electron chi connectivity index (χ4n) is 3.50. The standard InChI is InChI=1S/C26H26N4O2S/c1-20-12-14-22(15-13-20)25-27-28-26(30(25)23-10-6-3-7-11-23)33-19-24(32)29(16-17-31)18-21-8-4-2-5-9-21/h2-15,31H,16-19H2,1H3. The summed E-state index contributed by atoms with van der Waals surface area (Å²) in [5.74, 6) is 0.871. The Morgan fingerprint density at radius 3 is 2.27 bits per heavy atom. The Kier molecular flexibility index (Phi) is 7.55. The summed E-state index contributed by atoms with van der Waals surface area (Å²) in [7, 11) is 0. The topological polar surface area (TPSA) is 71.2 Å². The number of amides is 1. The summed E-state index contributed by atoms with van der Waals surface area (Å²) in [6.07, 6.45) is 0. The van der Waals surface area contributed by atoms with E-state index in [9.17, 15) is 9.90 Å². The molecule has 4 rings (SSSR count). The molecule has 7 heteroatoms. The van der Waals surface area contributed by atoms with Crippen molar-refractivity contribution in [1.82, 2.24) is 19.7 Å².